The number of carbonyl (C=O) groups is 1. The van der Waals surface area contributed by atoms with Gasteiger partial charge in [-0.1, -0.05) is 0 Å². The zero-order chi connectivity index (χ0) is 18.8. The van der Waals surface area contributed by atoms with Crippen LogP contribution in [0.25, 0.3) is 0 Å². The molecule has 0 N–H and O–H groups in total. The number of hydrogen-bond acceptors (Lipinski definition) is 4. The molecule has 0 saturated carbocycles. The molecule has 154 valence electrons. The predicted molar refractivity (Wildman–Crippen MR) is 110 cm³/mol. The Balaban J connectivity index is 1.30. The first kappa shape index (κ1) is 19.7. The fraction of sp³-hybridized carbons (Fsp3) is 0.955. The normalized spacial score (nSPS) is 36.3. The van der Waals surface area contributed by atoms with Gasteiger partial charge in [0, 0.05) is 44.7 Å². The van der Waals surface area contributed by atoms with Crippen molar-refractivity contribution in [3.63, 3.8) is 0 Å². The van der Waals surface area contributed by atoms with Crippen molar-refractivity contribution >= 4 is 5.91 Å². The molecule has 0 aromatic carbocycles. The molecule has 4 fully saturated rings. The molecule has 27 heavy (non-hydrogen) atoms. The van der Waals surface area contributed by atoms with E-state index < -0.39 is 0 Å². The Bertz CT molecular complexity index is 511. The average molecular weight is 377 g/mol. The molecule has 0 bridgehead atoms. The van der Waals surface area contributed by atoms with Gasteiger partial charge in [0.1, 0.15) is 0 Å². The molecule has 4 saturated heterocycles. The first-order valence-corrected chi connectivity index (χ1v) is 11.5. The topological polar surface area (TPSA) is 30.0 Å². The third kappa shape index (κ3) is 4.35. The molecule has 4 atom stereocenters. The summed E-state index contributed by atoms with van der Waals surface area (Å²) in [5.41, 5.74) is 0. The van der Waals surface area contributed by atoms with Crippen LogP contribution in [0.2, 0.25) is 0 Å². The second-order valence-electron chi connectivity index (χ2n) is 9.67. The fourth-order valence-electron chi connectivity index (χ4n) is 6.56. The lowest BCUT2D eigenvalue weighted by Crippen LogP contribution is -2.63. The standard InChI is InChI=1S/C22H40N4O/c1-23-11-6-14-25(16-15-23)21(27)10-3-9-20-19-8-5-13-26-12-4-7-18(22(19)26)17-24(20)2/h18-20,22H,3-17H2,1-2H3/t18-,19+,20+,22-/m0/s1. The Kier molecular flexibility index (Phi) is 6.40. The quantitative estimate of drug-likeness (QED) is 0.752. The van der Waals surface area contributed by atoms with E-state index in [9.17, 15) is 4.79 Å². The summed E-state index contributed by atoms with van der Waals surface area (Å²) in [7, 11) is 4.51. The highest BCUT2D eigenvalue weighted by Crippen LogP contribution is 2.42. The van der Waals surface area contributed by atoms with Crippen LogP contribution < -0.4 is 0 Å². The van der Waals surface area contributed by atoms with Crippen LogP contribution in [-0.4, -0.2) is 97.5 Å². The van der Waals surface area contributed by atoms with Gasteiger partial charge in [-0.3, -0.25) is 9.69 Å². The summed E-state index contributed by atoms with van der Waals surface area (Å²) in [6.45, 7) is 7.95. The monoisotopic (exact) mass is 376 g/mol. The number of nitrogens with zero attached hydrogens (tertiary/aromatic N) is 4. The molecule has 1 amide bonds. The van der Waals surface area contributed by atoms with Crippen LogP contribution in [0.15, 0.2) is 0 Å². The summed E-state index contributed by atoms with van der Waals surface area (Å²) < 4.78 is 0. The molecule has 4 aliphatic rings. The molecule has 4 rings (SSSR count). The van der Waals surface area contributed by atoms with Crippen LogP contribution in [0.1, 0.15) is 51.4 Å². The predicted octanol–water partition coefficient (Wildman–Crippen LogP) is 2.13. The zero-order valence-corrected chi connectivity index (χ0v) is 17.6. The summed E-state index contributed by atoms with van der Waals surface area (Å²) in [5.74, 6) is 2.12. The van der Waals surface area contributed by atoms with E-state index in [-0.39, 0.29) is 0 Å². The third-order valence-electron chi connectivity index (χ3n) is 7.89. The largest absolute Gasteiger partial charge is 0.341 e. The van der Waals surface area contributed by atoms with Crippen LogP contribution >= 0.6 is 0 Å². The van der Waals surface area contributed by atoms with Gasteiger partial charge in [-0.15, -0.1) is 0 Å². The van der Waals surface area contributed by atoms with E-state index in [0.29, 0.717) is 11.9 Å². The molecular formula is C22H40N4O. The number of amides is 1. The number of rotatable bonds is 4. The number of hydrogen-bond donors (Lipinski definition) is 0. The van der Waals surface area contributed by atoms with E-state index in [1.54, 1.807) is 0 Å². The maximum atomic E-state index is 12.7. The molecule has 0 aromatic heterocycles. The Hall–Kier alpha value is -0.650. The molecule has 4 heterocycles. The van der Waals surface area contributed by atoms with E-state index in [2.05, 4.69) is 33.7 Å². The van der Waals surface area contributed by atoms with Crippen molar-refractivity contribution in [1.29, 1.82) is 0 Å². The van der Waals surface area contributed by atoms with Crippen molar-refractivity contribution in [3.05, 3.63) is 0 Å². The molecule has 0 unspecified atom stereocenters. The molecular weight excluding hydrogens is 336 g/mol. The second-order valence-corrected chi connectivity index (χ2v) is 9.67. The molecule has 5 nitrogen and oxygen atoms in total. The third-order valence-corrected chi connectivity index (χ3v) is 7.89. The lowest BCUT2D eigenvalue weighted by molar-refractivity contribution is -0.131. The Morgan fingerprint density at radius 3 is 2.59 bits per heavy atom. The minimum atomic E-state index is 0.393. The molecule has 0 aromatic rings. The summed E-state index contributed by atoms with van der Waals surface area (Å²) >= 11 is 0. The van der Waals surface area contributed by atoms with Gasteiger partial charge >= 0.3 is 0 Å². The van der Waals surface area contributed by atoms with Gasteiger partial charge in [0.25, 0.3) is 0 Å². The van der Waals surface area contributed by atoms with Crippen molar-refractivity contribution in [2.45, 2.75) is 63.5 Å². The van der Waals surface area contributed by atoms with Crippen LogP contribution in [0.3, 0.4) is 0 Å². The van der Waals surface area contributed by atoms with Gasteiger partial charge in [-0.05, 0) is 90.5 Å². The minimum Gasteiger partial charge on any atom is -0.341 e. The van der Waals surface area contributed by atoms with Gasteiger partial charge in [0.15, 0.2) is 0 Å². The van der Waals surface area contributed by atoms with Crippen LogP contribution in [0, 0.1) is 11.8 Å². The first-order valence-electron chi connectivity index (χ1n) is 11.5. The number of carbonyl (C=O) groups excluding carboxylic acids is 1. The lowest BCUT2D eigenvalue weighted by atomic mass is 9.69. The van der Waals surface area contributed by atoms with Crippen molar-refractivity contribution in [2.75, 3.05) is 59.9 Å². The van der Waals surface area contributed by atoms with Gasteiger partial charge in [-0.25, -0.2) is 0 Å². The van der Waals surface area contributed by atoms with Gasteiger partial charge in [-0.2, -0.15) is 0 Å². The maximum absolute atomic E-state index is 12.7. The van der Waals surface area contributed by atoms with Crippen molar-refractivity contribution in [1.82, 2.24) is 19.6 Å². The second kappa shape index (κ2) is 8.79. The van der Waals surface area contributed by atoms with E-state index >= 15 is 0 Å². The average Bonchev–Trinajstić information content (AvgIpc) is 2.89. The maximum Gasteiger partial charge on any atom is 0.222 e. The van der Waals surface area contributed by atoms with Gasteiger partial charge in [0.2, 0.25) is 5.91 Å². The molecule has 4 aliphatic heterocycles. The van der Waals surface area contributed by atoms with E-state index in [1.807, 2.05) is 0 Å². The summed E-state index contributed by atoms with van der Waals surface area (Å²) in [4.78, 5) is 22.7. The zero-order valence-electron chi connectivity index (χ0n) is 17.6. The SMILES string of the molecule is CN1CCCN(C(=O)CCC[C@@H]2[C@H]3CCCN4CCC[C@@H](CN2C)[C@@H]34)CC1. The van der Waals surface area contributed by atoms with E-state index in [0.717, 1.165) is 63.3 Å². The van der Waals surface area contributed by atoms with Crippen molar-refractivity contribution in [3.8, 4) is 0 Å². The van der Waals surface area contributed by atoms with Gasteiger partial charge < -0.3 is 14.7 Å². The van der Waals surface area contributed by atoms with E-state index in [4.69, 9.17) is 0 Å². The first-order chi connectivity index (χ1) is 13.1. The van der Waals surface area contributed by atoms with Crippen LogP contribution in [0.4, 0.5) is 0 Å². The smallest absolute Gasteiger partial charge is 0.222 e. The molecule has 5 heteroatoms. The van der Waals surface area contributed by atoms with Gasteiger partial charge in [0.05, 0.1) is 0 Å². The Labute approximate surface area is 166 Å². The van der Waals surface area contributed by atoms with Crippen LogP contribution in [-0.2, 0) is 4.79 Å². The Morgan fingerprint density at radius 2 is 1.74 bits per heavy atom. The molecule has 0 radical (unpaired) electrons. The highest BCUT2D eigenvalue weighted by molar-refractivity contribution is 5.76. The van der Waals surface area contributed by atoms with Crippen molar-refractivity contribution in [2.24, 2.45) is 11.8 Å². The summed E-state index contributed by atoms with van der Waals surface area (Å²) in [6, 6.07) is 1.53. The number of piperidine rings is 3. The Morgan fingerprint density at radius 1 is 0.926 bits per heavy atom. The number of likely N-dealkylation sites (N-methyl/N-ethyl adjacent to an activating group) is 1. The molecule has 0 spiro atoms. The summed E-state index contributed by atoms with van der Waals surface area (Å²) in [6.07, 6.45) is 9.74. The number of likely N-dealkylation sites (tertiary alicyclic amines) is 1. The summed E-state index contributed by atoms with van der Waals surface area (Å²) in [5, 5.41) is 0. The van der Waals surface area contributed by atoms with Crippen LogP contribution in [0.5, 0.6) is 0 Å². The van der Waals surface area contributed by atoms with E-state index in [1.165, 1.54) is 51.7 Å². The molecule has 0 aliphatic carbocycles. The highest BCUT2D eigenvalue weighted by Gasteiger charge is 2.47. The lowest BCUT2D eigenvalue weighted by Gasteiger charge is -2.57. The minimum absolute atomic E-state index is 0.393. The van der Waals surface area contributed by atoms with Crippen molar-refractivity contribution < 1.29 is 4.79 Å². The highest BCUT2D eigenvalue weighted by atomic mass is 16.2. The fourth-order valence-corrected chi connectivity index (χ4v) is 6.56.